The van der Waals surface area contributed by atoms with Gasteiger partial charge in [0.25, 0.3) is 0 Å². The molecule has 0 saturated carbocycles. The minimum atomic E-state index is -4.43. The van der Waals surface area contributed by atoms with Crippen molar-refractivity contribution in [3.63, 3.8) is 0 Å². The number of aryl methyl sites for hydroxylation is 2. The van der Waals surface area contributed by atoms with Crippen LogP contribution in [0.25, 0.3) is 10.9 Å². The van der Waals surface area contributed by atoms with Gasteiger partial charge in [-0.3, -0.25) is 4.98 Å². The van der Waals surface area contributed by atoms with Gasteiger partial charge in [-0.15, -0.1) is 0 Å². The van der Waals surface area contributed by atoms with Crippen molar-refractivity contribution in [3.05, 3.63) is 64.8 Å². The average Bonchev–Trinajstić information content (AvgIpc) is 2.52. The molecule has 0 fully saturated rings. The van der Waals surface area contributed by atoms with Crippen LogP contribution in [0.5, 0.6) is 0 Å². The number of benzene rings is 2. The van der Waals surface area contributed by atoms with Crippen LogP contribution in [0.15, 0.2) is 42.5 Å². The van der Waals surface area contributed by atoms with Gasteiger partial charge in [-0.05, 0) is 62.2 Å². The molecule has 136 valence electrons. The molecule has 0 aliphatic carbocycles. The van der Waals surface area contributed by atoms with Crippen LogP contribution in [0.1, 0.15) is 35.3 Å². The summed E-state index contributed by atoms with van der Waals surface area (Å²) in [4.78, 5) is 4.53. The van der Waals surface area contributed by atoms with E-state index >= 15 is 0 Å². The summed E-state index contributed by atoms with van der Waals surface area (Å²) in [5, 5.41) is 4.23. The summed E-state index contributed by atoms with van der Waals surface area (Å²) < 4.78 is 39.2. The normalized spacial score (nSPS) is 13.0. The number of alkyl halides is 3. The summed E-state index contributed by atoms with van der Waals surface area (Å²) in [6.45, 7) is 5.69. The number of hydrogen-bond donors (Lipinski definition) is 2. The molecule has 3 aromatic rings. The molecule has 0 aliphatic rings. The standard InChI is InChI=1S/C20H20F3N3/c1-11-4-5-17-18(6-11)25-12(2)7-19(17)26-13(3)14-8-15(20(21,22)23)10-16(24)9-14/h4-10,13H,24H2,1-3H3,(H,25,26)/t13-/m1/s1. The van der Waals surface area contributed by atoms with E-state index in [2.05, 4.69) is 10.3 Å². The second-order valence-corrected chi connectivity index (χ2v) is 6.58. The fourth-order valence-electron chi connectivity index (χ4n) is 3.00. The summed E-state index contributed by atoms with van der Waals surface area (Å²) in [6.07, 6.45) is -4.43. The zero-order valence-corrected chi connectivity index (χ0v) is 14.8. The number of hydrogen-bond acceptors (Lipinski definition) is 3. The fraction of sp³-hybridized carbons (Fsp3) is 0.250. The molecule has 1 heterocycles. The van der Waals surface area contributed by atoms with Crippen molar-refractivity contribution >= 4 is 22.3 Å². The molecule has 0 amide bonds. The average molecular weight is 359 g/mol. The lowest BCUT2D eigenvalue weighted by molar-refractivity contribution is -0.137. The van der Waals surface area contributed by atoms with Gasteiger partial charge in [-0.25, -0.2) is 0 Å². The van der Waals surface area contributed by atoms with Crippen LogP contribution in [0.2, 0.25) is 0 Å². The number of nitrogens with one attached hydrogen (secondary N) is 1. The number of aromatic nitrogens is 1. The first kappa shape index (κ1) is 18.0. The van der Waals surface area contributed by atoms with E-state index in [9.17, 15) is 13.2 Å². The van der Waals surface area contributed by atoms with Gasteiger partial charge >= 0.3 is 6.18 Å². The topological polar surface area (TPSA) is 50.9 Å². The zero-order chi connectivity index (χ0) is 19.1. The predicted octanol–water partition coefficient (Wildman–Crippen LogP) is 5.63. The Balaban J connectivity index is 2.00. The van der Waals surface area contributed by atoms with Gasteiger partial charge in [-0.1, -0.05) is 12.1 Å². The van der Waals surface area contributed by atoms with Crippen molar-refractivity contribution in [1.82, 2.24) is 4.98 Å². The van der Waals surface area contributed by atoms with Gasteiger partial charge in [0.05, 0.1) is 11.1 Å². The number of fused-ring (bicyclic) bond motifs is 1. The highest BCUT2D eigenvalue weighted by Gasteiger charge is 2.31. The molecule has 0 radical (unpaired) electrons. The number of anilines is 2. The Morgan fingerprint density at radius 2 is 1.77 bits per heavy atom. The summed E-state index contributed by atoms with van der Waals surface area (Å²) in [5.74, 6) is 0. The van der Waals surface area contributed by atoms with Crippen LogP contribution in [-0.2, 0) is 6.18 Å². The van der Waals surface area contributed by atoms with E-state index in [4.69, 9.17) is 5.73 Å². The Labute approximate surface area is 150 Å². The third-order valence-corrected chi connectivity index (χ3v) is 4.27. The molecular weight excluding hydrogens is 339 g/mol. The summed E-state index contributed by atoms with van der Waals surface area (Å²) in [7, 11) is 0. The molecule has 26 heavy (non-hydrogen) atoms. The minimum absolute atomic E-state index is 0.0925. The maximum atomic E-state index is 13.1. The van der Waals surface area contributed by atoms with Crippen molar-refractivity contribution in [3.8, 4) is 0 Å². The Morgan fingerprint density at radius 1 is 1.04 bits per heavy atom. The van der Waals surface area contributed by atoms with Crippen LogP contribution < -0.4 is 11.1 Å². The van der Waals surface area contributed by atoms with Gasteiger partial charge in [0.2, 0.25) is 0 Å². The van der Waals surface area contributed by atoms with Crippen molar-refractivity contribution in [2.45, 2.75) is 33.0 Å². The Hall–Kier alpha value is -2.76. The van der Waals surface area contributed by atoms with Crippen LogP contribution in [0, 0.1) is 13.8 Å². The predicted molar refractivity (Wildman–Crippen MR) is 99.1 cm³/mol. The maximum Gasteiger partial charge on any atom is 0.416 e. The number of rotatable bonds is 3. The highest BCUT2D eigenvalue weighted by molar-refractivity contribution is 5.92. The van der Waals surface area contributed by atoms with E-state index in [0.29, 0.717) is 5.56 Å². The molecule has 3 rings (SSSR count). The van der Waals surface area contributed by atoms with E-state index in [1.54, 1.807) is 6.07 Å². The van der Waals surface area contributed by atoms with E-state index in [0.717, 1.165) is 40.0 Å². The molecule has 3 nitrogen and oxygen atoms in total. The van der Waals surface area contributed by atoms with Crippen molar-refractivity contribution in [1.29, 1.82) is 0 Å². The SMILES string of the molecule is Cc1ccc2c(N[C@H](C)c3cc(N)cc(C(F)(F)F)c3)cc(C)nc2c1. The number of halogens is 3. The molecule has 1 aromatic heterocycles. The number of nitrogens with two attached hydrogens (primary N) is 1. The Morgan fingerprint density at radius 3 is 2.46 bits per heavy atom. The Kier molecular flexibility index (Phi) is 4.52. The second kappa shape index (κ2) is 6.52. The van der Waals surface area contributed by atoms with Gasteiger partial charge in [0, 0.05) is 28.5 Å². The second-order valence-electron chi connectivity index (χ2n) is 6.58. The number of nitrogen functional groups attached to an aromatic ring is 1. The summed E-state index contributed by atoms with van der Waals surface area (Å²) in [6, 6.07) is 11.1. The Bertz CT molecular complexity index is 959. The summed E-state index contributed by atoms with van der Waals surface area (Å²) >= 11 is 0. The van der Waals surface area contributed by atoms with Crippen LogP contribution in [0.3, 0.4) is 0 Å². The molecule has 0 spiro atoms. The minimum Gasteiger partial charge on any atom is -0.399 e. The number of pyridine rings is 1. The summed E-state index contributed by atoms with van der Waals surface area (Å²) in [5.41, 5.74) is 9.12. The first-order valence-corrected chi connectivity index (χ1v) is 8.25. The van der Waals surface area contributed by atoms with E-state index < -0.39 is 11.7 Å². The monoisotopic (exact) mass is 359 g/mol. The molecule has 0 saturated heterocycles. The van der Waals surface area contributed by atoms with Gasteiger partial charge in [0.15, 0.2) is 0 Å². The molecule has 0 aliphatic heterocycles. The highest BCUT2D eigenvalue weighted by atomic mass is 19.4. The van der Waals surface area contributed by atoms with Crippen LogP contribution in [0.4, 0.5) is 24.5 Å². The fourth-order valence-corrected chi connectivity index (χ4v) is 3.00. The van der Waals surface area contributed by atoms with E-state index in [-0.39, 0.29) is 11.7 Å². The van der Waals surface area contributed by atoms with Crippen molar-refractivity contribution in [2.24, 2.45) is 0 Å². The van der Waals surface area contributed by atoms with Crippen molar-refractivity contribution in [2.75, 3.05) is 11.1 Å². The third-order valence-electron chi connectivity index (χ3n) is 4.27. The highest BCUT2D eigenvalue weighted by Crippen LogP contribution is 2.34. The van der Waals surface area contributed by atoms with Gasteiger partial charge in [-0.2, -0.15) is 13.2 Å². The lowest BCUT2D eigenvalue weighted by atomic mass is 10.0. The van der Waals surface area contributed by atoms with Crippen molar-refractivity contribution < 1.29 is 13.2 Å². The lowest BCUT2D eigenvalue weighted by Gasteiger charge is -2.20. The quantitative estimate of drug-likeness (QED) is 0.596. The van der Waals surface area contributed by atoms with E-state index in [1.807, 2.05) is 45.0 Å². The lowest BCUT2D eigenvalue weighted by Crippen LogP contribution is -2.11. The molecule has 1 atom stereocenters. The van der Waals surface area contributed by atoms with Crippen LogP contribution >= 0.6 is 0 Å². The van der Waals surface area contributed by atoms with Gasteiger partial charge in [0.1, 0.15) is 0 Å². The zero-order valence-electron chi connectivity index (χ0n) is 14.8. The van der Waals surface area contributed by atoms with Gasteiger partial charge < -0.3 is 11.1 Å². The first-order chi connectivity index (χ1) is 12.1. The maximum absolute atomic E-state index is 13.1. The third kappa shape index (κ3) is 3.74. The first-order valence-electron chi connectivity index (χ1n) is 8.25. The van der Waals surface area contributed by atoms with Crippen LogP contribution in [-0.4, -0.2) is 4.98 Å². The smallest absolute Gasteiger partial charge is 0.399 e. The molecule has 0 unspecified atom stereocenters. The van der Waals surface area contributed by atoms with E-state index in [1.165, 1.54) is 0 Å². The largest absolute Gasteiger partial charge is 0.416 e. The molecule has 3 N–H and O–H groups in total. The molecular formula is C20H20F3N3. The number of nitrogens with zero attached hydrogens (tertiary/aromatic N) is 1. The molecule has 2 aromatic carbocycles. The molecule has 0 bridgehead atoms. The molecule has 6 heteroatoms.